The molecule has 0 amide bonds. The van der Waals surface area contributed by atoms with Gasteiger partial charge in [-0.2, -0.15) is 0 Å². The summed E-state index contributed by atoms with van der Waals surface area (Å²) in [6, 6.07) is 3.80. The topological polar surface area (TPSA) is 50.8 Å². The Balaban J connectivity index is 1.78. The first-order valence-corrected chi connectivity index (χ1v) is 6.78. The van der Waals surface area contributed by atoms with Gasteiger partial charge in [-0.15, -0.1) is 0 Å². The van der Waals surface area contributed by atoms with Crippen LogP contribution < -0.4 is 5.73 Å². The van der Waals surface area contributed by atoms with E-state index in [1.165, 1.54) is 6.07 Å². The van der Waals surface area contributed by atoms with Gasteiger partial charge in [0.05, 0.1) is 18.7 Å². The lowest BCUT2D eigenvalue weighted by molar-refractivity contribution is 0.0852. The molecule has 2 N–H and O–H groups in total. The molecule has 6 heteroatoms. The molecule has 108 valence electrons. The van der Waals surface area contributed by atoms with Crippen molar-refractivity contribution in [2.45, 2.75) is 25.0 Å². The molecule has 0 aromatic heterocycles. The Morgan fingerprint density at radius 1 is 1.35 bits per heavy atom. The second-order valence-corrected chi connectivity index (χ2v) is 5.18. The van der Waals surface area contributed by atoms with Gasteiger partial charge >= 0.3 is 0 Å². The van der Waals surface area contributed by atoms with Crippen molar-refractivity contribution in [1.29, 1.82) is 0 Å². The van der Waals surface area contributed by atoms with E-state index in [9.17, 15) is 8.78 Å². The Kier molecular flexibility index (Phi) is 3.56. The zero-order valence-electron chi connectivity index (χ0n) is 11.1. The first-order valence-electron chi connectivity index (χ1n) is 6.78. The highest BCUT2D eigenvalue weighted by Gasteiger charge is 2.31. The van der Waals surface area contributed by atoms with Crippen LogP contribution in [-0.4, -0.2) is 36.7 Å². The molecule has 0 saturated carbocycles. The molecule has 1 saturated heterocycles. The third-order valence-corrected chi connectivity index (χ3v) is 3.85. The molecule has 0 spiro atoms. The van der Waals surface area contributed by atoms with E-state index in [1.54, 1.807) is 6.07 Å². The average molecular weight is 281 g/mol. The van der Waals surface area contributed by atoms with Crippen LogP contribution >= 0.6 is 0 Å². The van der Waals surface area contributed by atoms with Crippen molar-refractivity contribution < 1.29 is 13.5 Å². The zero-order chi connectivity index (χ0) is 14.1. The SMILES string of the molecule is NC1=NCC(c2ccc(F)c(F)c2)N1CC1CCCO1. The molecule has 2 unspecified atom stereocenters. The van der Waals surface area contributed by atoms with Crippen LogP contribution in [-0.2, 0) is 4.74 Å². The van der Waals surface area contributed by atoms with E-state index < -0.39 is 11.6 Å². The summed E-state index contributed by atoms with van der Waals surface area (Å²) in [7, 11) is 0. The Labute approximate surface area is 116 Å². The second kappa shape index (κ2) is 5.36. The number of halogens is 2. The molecule has 0 radical (unpaired) electrons. The number of nitrogens with two attached hydrogens (primary N) is 1. The van der Waals surface area contributed by atoms with Crippen molar-refractivity contribution in [2.24, 2.45) is 10.7 Å². The number of benzene rings is 1. The Morgan fingerprint density at radius 3 is 2.90 bits per heavy atom. The van der Waals surface area contributed by atoms with Gasteiger partial charge in [-0.25, -0.2) is 8.78 Å². The van der Waals surface area contributed by atoms with Crippen LogP contribution in [0.15, 0.2) is 23.2 Å². The lowest BCUT2D eigenvalue weighted by atomic mass is 10.1. The molecular formula is C14H17F2N3O. The zero-order valence-corrected chi connectivity index (χ0v) is 11.1. The summed E-state index contributed by atoms with van der Waals surface area (Å²) in [5.41, 5.74) is 6.59. The third kappa shape index (κ3) is 2.47. The largest absolute Gasteiger partial charge is 0.376 e. The second-order valence-electron chi connectivity index (χ2n) is 5.18. The van der Waals surface area contributed by atoms with Gasteiger partial charge in [0.1, 0.15) is 0 Å². The number of ether oxygens (including phenoxy) is 1. The third-order valence-electron chi connectivity index (χ3n) is 3.85. The van der Waals surface area contributed by atoms with Gasteiger partial charge in [0, 0.05) is 13.2 Å². The van der Waals surface area contributed by atoms with Crippen LogP contribution in [0.1, 0.15) is 24.4 Å². The summed E-state index contributed by atoms with van der Waals surface area (Å²) in [4.78, 5) is 6.14. The van der Waals surface area contributed by atoms with Gasteiger partial charge in [0.25, 0.3) is 0 Å². The van der Waals surface area contributed by atoms with Gasteiger partial charge in [0.15, 0.2) is 17.6 Å². The average Bonchev–Trinajstić information content (AvgIpc) is 3.05. The molecule has 20 heavy (non-hydrogen) atoms. The summed E-state index contributed by atoms with van der Waals surface area (Å²) >= 11 is 0. The lowest BCUT2D eigenvalue weighted by Crippen LogP contribution is -2.41. The molecule has 0 aliphatic carbocycles. The quantitative estimate of drug-likeness (QED) is 0.919. The van der Waals surface area contributed by atoms with E-state index in [2.05, 4.69) is 4.99 Å². The van der Waals surface area contributed by atoms with E-state index in [4.69, 9.17) is 10.5 Å². The van der Waals surface area contributed by atoms with Crippen molar-refractivity contribution in [3.05, 3.63) is 35.4 Å². The predicted octanol–water partition coefficient (Wildman–Crippen LogP) is 1.82. The van der Waals surface area contributed by atoms with Gasteiger partial charge in [-0.3, -0.25) is 4.99 Å². The first kappa shape index (κ1) is 13.3. The van der Waals surface area contributed by atoms with Gasteiger partial charge < -0.3 is 15.4 Å². The van der Waals surface area contributed by atoms with Crippen molar-refractivity contribution in [3.63, 3.8) is 0 Å². The Hall–Kier alpha value is -1.69. The summed E-state index contributed by atoms with van der Waals surface area (Å²) in [5.74, 6) is -1.24. The highest BCUT2D eigenvalue weighted by molar-refractivity contribution is 5.80. The number of nitrogens with zero attached hydrogens (tertiary/aromatic N) is 2. The van der Waals surface area contributed by atoms with E-state index in [0.717, 1.165) is 25.5 Å². The van der Waals surface area contributed by atoms with Crippen molar-refractivity contribution in [3.8, 4) is 0 Å². The van der Waals surface area contributed by atoms with Crippen LogP contribution in [0.3, 0.4) is 0 Å². The van der Waals surface area contributed by atoms with E-state index in [0.29, 0.717) is 24.6 Å². The standard InChI is InChI=1S/C14H17F2N3O/c15-11-4-3-9(6-12(11)16)13-7-18-14(17)19(13)8-10-2-1-5-20-10/h3-4,6,10,13H,1-2,5,7-8H2,(H2,17,18). The highest BCUT2D eigenvalue weighted by Crippen LogP contribution is 2.28. The molecule has 4 nitrogen and oxygen atoms in total. The number of rotatable bonds is 3. The summed E-state index contributed by atoms with van der Waals surface area (Å²) in [6.07, 6.45) is 2.18. The molecule has 3 rings (SSSR count). The molecule has 1 aromatic carbocycles. The van der Waals surface area contributed by atoms with E-state index in [1.807, 2.05) is 4.90 Å². The number of hydrogen-bond donors (Lipinski definition) is 1. The van der Waals surface area contributed by atoms with E-state index >= 15 is 0 Å². The Bertz CT molecular complexity index is 529. The number of guanidine groups is 1. The maximum atomic E-state index is 13.4. The van der Waals surface area contributed by atoms with Crippen LogP contribution in [0.25, 0.3) is 0 Å². The molecule has 2 aliphatic heterocycles. The summed E-state index contributed by atoms with van der Waals surface area (Å²) in [5, 5.41) is 0. The van der Waals surface area contributed by atoms with Gasteiger partial charge in [-0.05, 0) is 30.5 Å². The van der Waals surface area contributed by atoms with E-state index in [-0.39, 0.29) is 12.1 Å². The monoisotopic (exact) mass is 281 g/mol. The van der Waals surface area contributed by atoms with Gasteiger partial charge in [0.2, 0.25) is 0 Å². The van der Waals surface area contributed by atoms with Crippen molar-refractivity contribution in [1.82, 2.24) is 4.90 Å². The molecule has 2 heterocycles. The maximum absolute atomic E-state index is 13.4. The minimum Gasteiger partial charge on any atom is -0.376 e. The highest BCUT2D eigenvalue weighted by atomic mass is 19.2. The van der Waals surface area contributed by atoms with Crippen molar-refractivity contribution in [2.75, 3.05) is 19.7 Å². The maximum Gasteiger partial charge on any atom is 0.192 e. The number of aliphatic imine (C=N–C) groups is 1. The van der Waals surface area contributed by atoms with Crippen molar-refractivity contribution >= 4 is 5.96 Å². The minimum atomic E-state index is -0.843. The first-order chi connectivity index (χ1) is 9.65. The molecule has 2 atom stereocenters. The lowest BCUT2D eigenvalue weighted by Gasteiger charge is -2.28. The Morgan fingerprint density at radius 2 is 2.20 bits per heavy atom. The fourth-order valence-corrected chi connectivity index (χ4v) is 2.76. The molecule has 2 aliphatic rings. The molecule has 1 aromatic rings. The van der Waals surface area contributed by atoms with Crippen LogP contribution in [0.5, 0.6) is 0 Å². The smallest absolute Gasteiger partial charge is 0.192 e. The fourth-order valence-electron chi connectivity index (χ4n) is 2.76. The van der Waals surface area contributed by atoms with Gasteiger partial charge in [-0.1, -0.05) is 6.07 Å². The minimum absolute atomic E-state index is 0.134. The number of hydrogen-bond acceptors (Lipinski definition) is 4. The molecular weight excluding hydrogens is 264 g/mol. The van der Waals surface area contributed by atoms with Crippen LogP contribution in [0.2, 0.25) is 0 Å². The normalized spacial score (nSPS) is 26.1. The van der Waals surface area contributed by atoms with Crippen LogP contribution in [0.4, 0.5) is 8.78 Å². The van der Waals surface area contributed by atoms with Crippen LogP contribution in [0, 0.1) is 11.6 Å². The summed E-state index contributed by atoms with van der Waals surface area (Å²) < 4.78 is 32.0. The summed E-state index contributed by atoms with van der Waals surface area (Å²) in [6.45, 7) is 1.87. The molecule has 1 fully saturated rings. The fraction of sp³-hybridized carbons (Fsp3) is 0.500. The molecule has 0 bridgehead atoms. The predicted molar refractivity (Wildman–Crippen MR) is 71.3 cm³/mol.